The van der Waals surface area contributed by atoms with Crippen LogP contribution in [0.1, 0.15) is 25.3 Å². The van der Waals surface area contributed by atoms with E-state index in [1.165, 1.54) is 30.6 Å². The third-order valence-corrected chi connectivity index (χ3v) is 4.41. The summed E-state index contributed by atoms with van der Waals surface area (Å²) in [5.74, 6) is 0. The lowest BCUT2D eigenvalue weighted by Crippen LogP contribution is -2.40. The molecule has 1 fully saturated rings. The van der Waals surface area contributed by atoms with E-state index in [0.29, 0.717) is 5.41 Å². The minimum Gasteiger partial charge on any atom is -0.398 e. The highest BCUT2D eigenvalue weighted by molar-refractivity contribution is 5.66. The summed E-state index contributed by atoms with van der Waals surface area (Å²) in [6, 6.07) is 6.35. The van der Waals surface area contributed by atoms with E-state index in [4.69, 9.17) is 5.73 Å². The second kappa shape index (κ2) is 4.47. The molecular weight excluding hydrogens is 222 g/mol. The van der Waals surface area contributed by atoms with Crippen LogP contribution in [0.25, 0.3) is 0 Å². The summed E-state index contributed by atoms with van der Waals surface area (Å²) in [7, 11) is 0. The normalized spacial score (nSPS) is 27.3. The zero-order valence-electron chi connectivity index (χ0n) is 11.2. The number of rotatable bonds is 2. The van der Waals surface area contributed by atoms with Crippen molar-refractivity contribution < 1.29 is 0 Å². The highest BCUT2D eigenvalue weighted by Crippen LogP contribution is 2.35. The Kier molecular flexibility index (Phi) is 2.94. The van der Waals surface area contributed by atoms with Gasteiger partial charge in [0.05, 0.1) is 0 Å². The van der Waals surface area contributed by atoms with Gasteiger partial charge in [-0.25, -0.2) is 0 Å². The van der Waals surface area contributed by atoms with Gasteiger partial charge >= 0.3 is 0 Å². The minimum atomic E-state index is 0.416. The molecule has 1 saturated heterocycles. The van der Waals surface area contributed by atoms with Crippen LogP contribution in [-0.2, 0) is 6.42 Å². The first-order valence-corrected chi connectivity index (χ1v) is 7.01. The predicted octanol–water partition coefficient (Wildman–Crippen LogP) is 2.02. The Morgan fingerprint density at radius 1 is 1.44 bits per heavy atom. The molecule has 1 aromatic rings. The molecule has 3 rings (SSSR count). The van der Waals surface area contributed by atoms with E-state index in [-0.39, 0.29) is 0 Å². The molecule has 2 aliphatic heterocycles. The van der Waals surface area contributed by atoms with E-state index < -0.39 is 0 Å². The quantitative estimate of drug-likeness (QED) is 0.783. The van der Waals surface area contributed by atoms with Crippen LogP contribution in [0.5, 0.6) is 0 Å². The highest BCUT2D eigenvalue weighted by atomic mass is 15.2. The molecular formula is C15H23N3. The van der Waals surface area contributed by atoms with Gasteiger partial charge in [-0.15, -0.1) is 0 Å². The molecule has 2 aliphatic rings. The Labute approximate surface area is 109 Å². The van der Waals surface area contributed by atoms with Gasteiger partial charge < -0.3 is 16.0 Å². The van der Waals surface area contributed by atoms with Crippen molar-refractivity contribution >= 4 is 11.4 Å². The fourth-order valence-corrected chi connectivity index (χ4v) is 3.36. The van der Waals surface area contributed by atoms with Crippen molar-refractivity contribution in [2.75, 3.05) is 36.8 Å². The number of anilines is 2. The summed E-state index contributed by atoms with van der Waals surface area (Å²) in [6.07, 6.45) is 3.64. The van der Waals surface area contributed by atoms with E-state index in [9.17, 15) is 0 Å². The van der Waals surface area contributed by atoms with Crippen LogP contribution in [0, 0.1) is 5.41 Å². The van der Waals surface area contributed by atoms with Crippen LogP contribution in [0.4, 0.5) is 11.4 Å². The highest BCUT2D eigenvalue weighted by Gasteiger charge is 2.32. The maximum atomic E-state index is 6.11. The molecule has 3 N–H and O–H groups in total. The third-order valence-electron chi connectivity index (χ3n) is 4.41. The fraction of sp³-hybridized carbons (Fsp3) is 0.600. The molecule has 1 atom stereocenters. The van der Waals surface area contributed by atoms with Gasteiger partial charge in [-0.2, -0.15) is 0 Å². The van der Waals surface area contributed by atoms with Crippen molar-refractivity contribution in [2.24, 2.45) is 5.41 Å². The van der Waals surface area contributed by atoms with E-state index in [2.05, 4.69) is 29.3 Å². The summed E-state index contributed by atoms with van der Waals surface area (Å²) in [5.41, 5.74) is 10.2. The molecule has 0 spiro atoms. The van der Waals surface area contributed by atoms with E-state index in [1.54, 1.807) is 0 Å². The van der Waals surface area contributed by atoms with Crippen LogP contribution in [0.2, 0.25) is 0 Å². The number of fused-ring (bicyclic) bond motifs is 1. The predicted molar refractivity (Wildman–Crippen MR) is 77.0 cm³/mol. The zero-order chi connectivity index (χ0) is 12.6. The van der Waals surface area contributed by atoms with Crippen molar-refractivity contribution in [3.8, 4) is 0 Å². The van der Waals surface area contributed by atoms with Gasteiger partial charge in [0.15, 0.2) is 0 Å². The van der Waals surface area contributed by atoms with Crippen molar-refractivity contribution in [1.29, 1.82) is 0 Å². The summed E-state index contributed by atoms with van der Waals surface area (Å²) in [5, 5.41) is 3.49. The Bertz CT molecular complexity index is 435. The van der Waals surface area contributed by atoms with Crippen molar-refractivity contribution in [3.05, 3.63) is 23.8 Å². The molecule has 0 aliphatic carbocycles. The smallest absolute Gasteiger partial charge is 0.0419 e. The number of benzene rings is 1. The lowest BCUT2D eigenvalue weighted by molar-refractivity contribution is 0.361. The summed E-state index contributed by atoms with van der Waals surface area (Å²) >= 11 is 0. The summed E-state index contributed by atoms with van der Waals surface area (Å²) in [6.45, 7) is 7.02. The van der Waals surface area contributed by atoms with Crippen LogP contribution in [-0.4, -0.2) is 26.2 Å². The lowest BCUT2D eigenvalue weighted by Gasteiger charge is -2.37. The summed E-state index contributed by atoms with van der Waals surface area (Å²) in [4.78, 5) is 2.54. The molecule has 0 bridgehead atoms. The molecule has 0 aromatic heterocycles. The molecule has 2 heterocycles. The molecule has 1 aromatic carbocycles. The van der Waals surface area contributed by atoms with Gasteiger partial charge in [-0.05, 0) is 48.9 Å². The van der Waals surface area contributed by atoms with Gasteiger partial charge in [0.25, 0.3) is 0 Å². The Balaban J connectivity index is 1.85. The van der Waals surface area contributed by atoms with Crippen molar-refractivity contribution in [1.82, 2.24) is 5.32 Å². The number of hydrogen-bond acceptors (Lipinski definition) is 3. The maximum Gasteiger partial charge on any atom is 0.0419 e. The number of nitrogens with one attached hydrogen (secondary N) is 1. The first-order valence-electron chi connectivity index (χ1n) is 7.01. The van der Waals surface area contributed by atoms with Crippen LogP contribution in [0.3, 0.4) is 0 Å². The first kappa shape index (κ1) is 11.8. The average molecular weight is 245 g/mol. The molecule has 3 nitrogen and oxygen atoms in total. The molecule has 0 radical (unpaired) electrons. The molecule has 0 amide bonds. The SMILES string of the molecule is CC1(CN2CCCc3c(N)cccc32)CCNC1. The zero-order valence-corrected chi connectivity index (χ0v) is 11.2. The van der Waals surface area contributed by atoms with Gasteiger partial charge in [-0.3, -0.25) is 0 Å². The average Bonchev–Trinajstić information content (AvgIpc) is 2.77. The van der Waals surface area contributed by atoms with Crippen molar-refractivity contribution in [2.45, 2.75) is 26.2 Å². The fourth-order valence-electron chi connectivity index (χ4n) is 3.36. The molecule has 0 saturated carbocycles. The van der Waals surface area contributed by atoms with E-state index in [1.807, 2.05) is 6.07 Å². The molecule has 18 heavy (non-hydrogen) atoms. The summed E-state index contributed by atoms with van der Waals surface area (Å²) < 4.78 is 0. The standard InChI is InChI=1S/C15H23N3/c1-15(7-8-17-10-15)11-18-9-3-4-12-13(16)5-2-6-14(12)18/h2,5-6,17H,3-4,7-11,16H2,1H3. The Morgan fingerprint density at radius 2 is 2.33 bits per heavy atom. The molecule has 3 heteroatoms. The van der Waals surface area contributed by atoms with E-state index in [0.717, 1.165) is 31.7 Å². The van der Waals surface area contributed by atoms with Gasteiger partial charge in [0.1, 0.15) is 0 Å². The van der Waals surface area contributed by atoms with Crippen LogP contribution < -0.4 is 16.0 Å². The van der Waals surface area contributed by atoms with E-state index >= 15 is 0 Å². The second-order valence-electron chi connectivity index (χ2n) is 6.11. The Morgan fingerprint density at radius 3 is 3.11 bits per heavy atom. The maximum absolute atomic E-state index is 6.11. The number of hydrogen-bond donors (Lipinski definition) is 2. The number of nitrogens with zero attached hydrogens (tertiary/aromatic N) is 1. The minimum absolute atomic E-state index is 0.416. The number of nitrogens with two attached hydrogens (primary N) is 1. The van der Waals surface area contributed by atoms with Crippen molar-refractivity contribution in [3.63, 3.8) is 0 Å². The number of nitrogen functional groups attached to an aromatic ring is 1. The molecule has 98 valence electrons. The lowest BCUT2D eigenvalue weighted by atomic mass is 9.87. The van der Waals surface area contributed by atoms with Gasteiger partial charge in [0.2, 0.25) is 0 Å². The first-order chi connectivity index (χ1) is 8.68. The second-order valence-corrected chi connectivity index (χ2v) is 6.11. The molecule has 1 unspecified atom stereocenters. The monoisotopic (exact) mass is 245 g/mol. The van der Waals surface area contributed by atoms with Gasteiger partial charge in [0, 0.05) is 31.0 Å². The van der Waals surface area contributed by atoms with Gasteiger partial charge in [-0.1, -0.05) is 13.0 Å². The Hall–Kier alpha value is -1.22. The topological polar surface area (TPSA) is 41.3 Å². The third kappa shape index (κ3) is 2.07. The largest absolute Gasteiger partial charge is 0.398 e. The van der Waals surface area contributed by atoms with Crippen LogP contribution >= 0.6 is 0 Å². The van der Waals surface area contributed by atoms with Crippen LogP contribution in [0.15, 0.2) is 18.2 Å².